The number of carboxylic acids is 1. The van der Waals surface area contributed by atoms with E-state index in [-0.39, 0.29) is 17.8 Å². The fraction of sp³-hybridized carbons (Fsp3) is 0.214. The van der Waals surface area contributed by atoms with E-state index in [0.717, 1.165) is 0 Å². The lowest BCUT2D eigenvalue weighted by atomic mass is 10.1. The summed E-state index contributed by atoms with van der Waals surface area (Å²) in [6, 6.07) is 4.19. The van der Waals surface area contributed by atoms with Crippen LogP contribution in [0.25, 0.3) is 0 Å². The molecule has 0 spiro atoms. The van der Waals surface area contributed by atoms with Gasteiger partial charge < -0.3 is 9.84 Å². The number of hydrogen-bond donors (Lipinski definition) is 1. The minimum atomic E-state index is -1.07. The standard InChI is InChI=1S/C14H13FN2O3/c1-8-11(14(18)19)7-16-13(17-8)6-9-5-10(15)3-4-12(9)20-2/h3-5,7H,6H2,1-2H3,(H,18,19). The number of hydrogen-bond acceptors (Lipinski definition) is 4. The number of aromatic carboxylic acids is 1. The lowest BCUT2D eigenvalue weighted by Gasteiger charge is -2.08. The van der Waals surface area contributed by atoms with Crippen LogP contribution < -0.4 is 4.74 Å². The minimum absolute atomic E-state index is 0.0555. The zero-order valence-electron chi connectivity index (χ0n) is 11.1. The van der Waals surface area contributed by atoms with E-state index in [4.69, 9.17) is 9.84 Å². The number of methoxy groups -OCH3 is 1. The van der Waals surface area contributed by atoms with Crippen LogP contribution in [-0.4, -0.2) is 28.2 Å². The van der Waals surface area contributed by atoms with E-state index in [1.807, 2.05) is 0 Å². The van der Waals surface area contributed by atoms with Gasteiger partial charge in [0.1, 0.15) is 17.4 Å². The van der Waals surface area contributed by atoms with E-state index in [2.05, 4.69) is 9.97 Å². The third kappa shape index (κ3) is 2.90. The lowest BCUT2D eigenvalue weighted by molar-refractivity contribution is 0.0695. The van der Waals surface area contributed by atoms with Crippen LogP contribution in [0.5, 0.6) is 5.75 Å². The fourth-order valence-electron chi connectivity index (χ4n) is 1.87. The Balaban J connectivity index is 2.33. The largest absolute Gasteiger partial charge is 0.496 e. The van der Waals surface area contributed by atoms with Crippen molar-refractivity contribution in [2.75, 3.05) is 7.11 Å². The Bertz CT molecular complexity index is 659. The molecule has 1 heterocycles. The molecule has 2 aromatic rings. The Morgan fingerprint density at radius 2 is 2.20 bits per heavy atom. The lowest BCUT2D eigenvalue weighted by Crippen LogP contribution is -2.07. The maximum absolute atomic E-state index is 13.3. The summed E-state index contributed by atoms with van der Waals surface area (Å²) in [6.07, 6.45) is 1.52. The molecule has 0 bridgehead atoms. The van der Waals surface area contributed by atoms with Gasteiger partial charge in [-0.05, 0) is 25.1 Å². The van der Waals surface area contributed by atoms with Gasteiger partial charge in [0.25, 0.3) is 0 Å². The van der Waals surface area contributed by atoms with Crippen LogP contribution in [0.2, 0.25) is 0 Å². The Morgan fingerprint density at radius 1 is 1.45 bits per heavy atom. The molecule has 0 fully saturated rings. The topological polar surface area (TPSA) is 72.3 Å². The Morgan fingerprint density at radius 3 is 2.80 bits per heavy atom. The van der Waals surface area contributed by atoms with Gasteiger partial charge in [-0.3, -0.25) is 0 Å². The molecular formula is C14H13FN2O3. The fourth-order valence-corrected chi connectivity index (χ4v) is 1.87. The molecule has 0 saturated carbocycles. The highest BCUT2D eigenvalue weighted by molar-refractivity contribution is 5.88. The number of carboxylic acid groups (broad SMARTS) is 1. The van der Waals surface area contributed by atoms with E-state index in [9.17, 15) is 9.18 Å². The maximum Gasteiger partial charge on any atom is 0.339 e. The molecule has 0 radical (unpaired) electrons. The van der Waals surface area contributed by atoms with Crippen molar-refractivity contribution in [3.63, 3.8) is 0 Å². The maximum atomic E-state index is 13.3. The van der Waals surface area contributed by atoms with Gasteiger partial charge in [-0.2, -0.15) is 0 Å². The summed E-state index contributed by atoms with van der Waals surface area (Å²) in [5.41, 5.74) is 1.04. The summed E-state index contributed by atoms with van der Waals surface area (Å²) >= 11 is 0. The normalized spacial score (nSPS) is 10.3. The van der Waals surface area contributed by atoms with Crippen LogP contribution in [0.1, 0.15) is 27.4 Å². The van der Waals surface area contributed by atoms with Crippen molar-refractivity contribution in [2.24, 2.45) is 0 Å². The number of benzene rings is 1. The third-order valence-corrected chi connectivity index (χ3v) is 2.85. The molecular weight excluding hydrogens is 263 g/mol. The van der Waals surface area contributed by atoms with Crippen molar-refractivity contribution >= 4 is 5.97 Å². The van der Waals surface area contributed by atoms with Gasteiger partial charge in [0.2, 0.25) is 0 Å². The summed E-state index contributed by atoms with van der Waals surface area (Å²) in [7, 11) is 1.50. The van der Waals surface area contributed by atoms with Crippen molar-refractivity contribution in [1.82, 2.24) is 9.97 Å². The second kappa shape index (κ2) is 5.64. The summed E-state index contributed by atoms with van der Waals surface area (Å²) in [4.78, 5) is 19.0. The van der Waals surface area contributed by atoms with Gasteiger partial charge in [0.05, 0.1) is 18.4 Å². The van der Waals surface area contributed by atoms with E-state index in [0.29, 0.717) is 22.8 Å². The first-order valence-corrected chi connectivity index (χ1v) is 5.89. The number of carbonyl (C=O) groups is 1. The van der Waals surface area contributed by atoms with Gasteiger partial charge in [-0.25, -0.2) is 19.2 Å². The molecule has 6 heteroatoms. The zero-order chi connectivity index (χ0) is 14.7. The Hall–Kier alpha value is -2.50. The highest BCUT2D eigenvalue weighted by Gasteiger charge is 2.12. The molecule has 1 aromatic heterocycles. The molecule has 0 atom stereocenters. The van der Waals surface area contributed by atoms with Crippen molar-refractivity contribution in [3.05, 3.63) is 52.9 Å². The average molecular weight is 276 g/mol. The molecule has 104 valence electrons. The summed E-state index contributed by atoms with van der Waals surface area (Å²) in [5, 5.41) is 8.92. The predicted octanol–water partition coefficient (Wildman–Crippen LogP) is 2.22. The van der Waals surface area contributed by atoms with E-state index >= 15 is 0 Å². The van der Waals surface area contributed by atoms with Crippen LogP contribution >= 0.6 is 0 Å². The van der Waals surface area contributed by atoms with Crippen LogP contribution in [0, 0.1) is 12.7 Å². The molecule has 2 rings (SSSR count). The highest BCUT2D eigenvalue weighted by Crippen LogP contribution is 2.21. The van der Waals surface area contributed by atoms with Gasteiger partial charge in [0, 0.05) is 18.2 Å². The summed E-state index contributed by atoms with van der Waals surface area (Å²) in [5.74, 6) is -0.497. The van der Waals surface area contributed by atoms with Crippen LogP contribution in [-0.2, 0) is 6.42 Å². The number of rotatable bonds is 4. The number of aromatic nitrogens is 2. The van der Waals surface area contributed by atoms with Crippen molar-refractivity contribution < 1.29 is 19.0 Å². The van der Waals surface area contributed by atoms with Gasteiger partial charge in [0.15, 0.2) is 0 Å². The first kappa shape index (κ1) is 13.9. The molecule has 0 unspecified atom stereocenters. The van der Waals surface area contributed by atoms with Crippen LogP contribution in [0.15, 0.2) is 24.4 Å². The molecule has 0 aliphatic carbocycles. The Labute approximate surface area is 115 Å². The first-order valence-electron chi connectivity index (χ1n) is 5.89. The molecule has 0 saturated heterocycles. The minimum Gasteiger partial charge on any atom is -0.496 e. The summed E-state index contributed by atoms with van der Waals surface area (Å²) < 4.78 is 18.4. The number of nitrogens with zero attached hydrogens (tertiary/aromatic N) is 2. The predicted molar refractivity (Wildman–Crippen MR) is 69.5 cm³/mol. The highest BCUT2D eigenvalue weighted by atomic mass is 19.1. The van der Waals surface area contributed by atoms with Crippen LogP contribution in [0.3, 0.4) is 0 Å². The molecule has 1 aromatic carbocycles. The second-order valence-corrected chi connectivity index (χ2v) is 4.22. The Kier molecular flexibility index (Phi) is 3.93. The van der Waals surface area contributed by atoms with Crippen LogP contribution in [0.4, 0.5) is 4.39 Å². The molecule has 20 heavy (non-hydrogen) atoms. The van der Waals surface area contributed by atoms with E-state index < -0.39 is 5.97 Å². The monoisotopic (exact) mass is 276 g/mol. The van der Waals surface area contributed by atoms with Gasteiger partial charge >= 0.3 is 5.97 Å². The first-order chi connectivity index (χ1) is 9.51. The smallest absolute Gasteiger partial charge is 0.339 e. The van der Waals surface area contributed by atoms with E-state index in [1.165, 1.54) is 31.5 Å². The third-order valence-electron chi connectivity index (χ3n) is 2.85. The molecule has 0 amide bonds. The van der Waals surface area contributed by atoms with Gasteiger partial charge in [-0.1, -0.05) is 0 Å². The molecule has 0 aliphatic rings. The zero-order valence-corrected chi connectivity index (χ0v) is 11.1. The molecule has 0 aliphatic heterocycles. The number of ether oxygens (including phenoxy) is 1. The molecule has 1 N–H and O–H groups in total. The SMILES string of the molecule is COc1ccc(F)cc1Cc1ncc(C(=O)O)c(C)n1. The average Bonchev–Trinajstić information content (AvgIpc) is 2.38. The van der Waals surface area contributed by atoms with E-state index in [1.54, 1.807) is 6.92 Å². The number of halogens is 1. The quantitative estimate of drug-likeness (QED) is 0.927. The molecule has 5 nitrogen and oxygen atoms in total. The van der Waals surface area contributed by atoms with Crippen molar-refractivity contribution in [3.8, 4) is 5.75 Å². The van der Waals surface area contributed by atoms with Crippen molar-refractivity contribution in [1.29, 1.82) is 0 Å². The number of aryl methyl sites for hydroxylation is 1. The van der Waals surface area contributed by atoms with Gasteiger partial charge in [-0.15, -0.1) is 0 Å². The summed E-state index contributed by atoms with van der Waals surface area (Å²) in [6.45, 7) is 1.59. The van der Waals surface area contributed by atoms with Crippen molar-refractivity contribution in [2.45, 2.75) is 13.3 Å². The second-order valence-electron chi connectivity index (χ2n) is 4.22.